The normalized spacial score (nSPS) is 27.5. The van der Waals surface area contributed by atoms with Crippen LogP contribution in [0.4, 0.5) is 0 Å². The molecule has 0 radical (unpaired) electrons. The van der Waals surface area contributed by atoms with Gasteiger partial charge in [-0.25, -0.2) is 0 Å². The Balaban J connectivity index is 2.55. The zero-order chi connectivity index (χ0) is 14.9. The Labute approximate surface area is 117 Å². The maximum Gasteiger partial charge on any atom is 0.191 e. The van der Waals surface area contributed by atoms with Gasteiger partial charge in [-0.2, -0.15) is 0 Å². The molecule has 4 nitrogen and oxygen atoms in total. The number of rotatable bonds is 5. The molecule has 1 fully saturated rings. The van der Waals surface area contributed by atoms with Gasteiger partial charge in [-0.15, -0.1) is 0 Å². The summed E-state index contributed by atoms with van der Waals surface area (Å²) in [7, 11) is -1.77. The van der Waals surface area contributed by atoms with Crippen LogP contribution in [0.15, 0.2) is 0 Å². The first kappa shape index (κ1) is 16.8. The number of hydrogen-bond acceptors (Lipinski definition) is 4. The van der Waals surface area contributed by atoms with Gasteiger partial charge in [-0.05, 0) is 32.0 Å². The van der Waals surface area contributed by atoms with Gasteiger partial charge in [0.25, 0.3) is 0 Å². The molecule has 112 valence electrons. The van der Waals surface area contributed by atoms with Crippen molar-refractivity contribution < 1.29 is 18.7 Å². The van der Waals surface area contributed by atoms with Crippen LogP contribution < -0.4 is 0 Å². The predicted molar refractivity (Wildman–Crippen MR) is 77.7 cm³/mol. The first-order valence-corrected chi connectivity index (χ1v) is 9.78. The van der Waals surface area contributed by atoms with E-state index in [1.54, 1.807) is 0 Å². The fourth-order valence-corrected chi connectivity index (χ4v) is 2.83. The third-order valence-corrected chi connectivity index (χ3v) is 8.66. The zero-order valence-corrected chi connectivity index (χ0v) is 14.3. The van der Waals surface area contributed by atoms with Crippen molar-refractivity contribution in [3.05, 3.63) is 0 Å². The van der Waals surface area contributed by atoms with E-state index in [0.717, 1.165) is 6.29 Å². The van der Waals surface area contributed by atoms with Crippen molar-refractivity contribution >= 4 is 14.6 Å². The quantitative estimate of drug-likeness (QED) is 0.576. The second kappa shape index (κ2) is 5.28. The monoisotopic (exact) mass is 288 g/mol. The second-order valence-electron chi connectivity index (χ2n) is 7.33. The number of ether oxygens (including phenoxy) is 2. The lowest BCUT2D eigenvalue weighted by molar-refractivity contribution is -0.167. The van der Waals surface area contributed by atoms with E-state index < -0.39 is 19.7 Å². The minimum absolute atomic E-state index is 0.174. The molecule has 1 saturated heterocycles. The standard InChI is InChI=1S/C14H28O4Si/c1-12(2,3)19(6,7)17-9-8-14(10-15)11-16-13(4,5)18-14/h10H,8-9,11H2,1-7H3. The summed E-state index contributed by atoms with van der Waals surface area (Å²) in [5, 5.41) is 0.174. The average molecular weight is 288 g/mol. The van der Waals surface area contributed by atoms with Gasteiger partial charge in [0.2, 0.25) is 0 Å². The number of carbonyl (C=O) groups is 1. The Hall–Kier alpha value is -0.233. The average Bonchev–Trinajstić information content (AvgIpc) is 2.53. The first-order chi connectivity index (χ1) is 8.43. The molecule has 1 aliphatic rings. The van der Waals surface area contributed by atoms with Crippen molar-refractivity contribution in [3.8, 4) is 0 Å². The van der Waals surface area contributed by atoms with Crippen LogP contribution in [0.1, 0.15) is 41.0 Å². The molecule has 0 aromatic heterocycles. The Kier molecular flexibility index (Phi) is 4.67. The van der Waals surface area contributed by atoms with Crippen LogP contribution in [0.3, 0.4) is 0 Å². The van der Waals surface area contributed by atoms with Crippen LogP contribution in [-0.4, -0.2) is 39.2 Å². The Morgan fingerprint density at radius 2 is 1.89 bits per heavy atom. The van der Waals surface area contributed by atoms with Crippen LogP contribution in [0.25, 0.3) is 0 Å². The molecule has 0 N–H and O–H groups in total. The fourth-order valence-electron chi connectivity index (χ4n) is 1.78. The molecule has 1 atom stereocenters. The largest absolute Gasteiger partial charge is 0.417 e. The first-order valence-electron chi connectivity index (χ1n) is 6.88. The molecule has 1 rings (SSSR count). The third-order valence-electron chi connectivity index (χ3n) is 4.12. The van der Waals surface area contributed by atoms with Crippen LogP contribution >= 0.6 is 0 Å². The molecule has 1 heterocycles. The molecule has 0 aromatic carbocycles. The highest BCUT2D eigenvalue weighted by Gasteiger charge is 2.46. The Morgan fingerprint density at radius 1 is 1.32 bits per heavy atom. The van der Waals surface area contributed by atoms with Crippen molar-refractivity contribution in [2.24, 2.45) is 0 Å². The molecule has 0 saturated carbocycles. The van der Waals surface area contributed by atoms with E-state index >= 15 is 0 Å². The lowest BCUT2D eigenvalue weighted by atomic mass is 10.0. The summed E-state index contributed by atoms with van der Waals surface area (Å²) in [5.41, 5.74) is -0.841. The summed E-state index contributed by atoms with van der Waals surface area (Å²) in [5.74, 6) is -0.683. The van der Waals surface area contributed by atoms with Crippen LogP contribution in [0, 0.1) is 0 Å². The molecular weight excluding hydrogens is 260 g/mol. The highest BCUT2D eigenvalue weighted by Crippen LogP contribution is 2.37. The van der Waals surface area contributed by atoms with E-state index in [4.69, 9.17) is 13.9 Å². The molecule has 0 bridgehead atoms. The summed E-state index contributed by atoms with van der Waals surface area (Å²) in [6, 6.07) is 0. The van der Waals surface area contributed by atoms with Gasteiger partial charge >= 0.3 is 0 Å². The number of aldehydes is 1. The van der Waals surface area contributed by atoms with E-state index in [1.165, 1.54) is 0 Å². The summed E-state index contributed by atoms with van der Waals surface area (Å²) in [6.45, 7) is 15.5. The van der Waals surface area contributed by atoms with Crippen molar-refractivity contribution in [3.63, 3.8) is 0 Å². The topological polar surface area (TPSA) is 44.8 Å². The van der Waals surface area contributed by atoms with Gasteiger partial charge < -0.3 is 18.7 Å². The van der Waals surface area contributed by atoms with Gasteiger partial charge in [-0.3, -0.25) is 0 Å². The van der Waals surface area contributed by atoms with E-state index in [-0.39, 0.29) is 5.04 Å². The van der Waals surface area contributed by atoms with Gasteiger partial charge in [0.1, 0.15) is 0 Å². The second-order valence-corrected chi connectivity index (χ2v) is 12.1. The number of hydrogen-bond donors (Lipinski definition) is 0. The van der Waals surface area contributed by atoms with Crippen LogP contribution in [-0.2, 0) is 18.7 Å². The van der Waals surface area contributed by atoms with E-state index in [9.17, 15) is 4.79 Å². The lowest BCUT2D eigenvalue weighted by Crippen LogP contribution is -2.43. The highest BCUT2D eigenvalue weighted by atomic mass is 28.4. The molecule has 0 amide bonds. The van der Waals surface area contributed by atoms with E-state index in [0.29, 0.717) is 19.6 Å². The smallest absolute Gasteiger partial charge is 0.191 e. The SMILES string of the molecule is CC1(C)OCC(C=O)(CCO[Si](C)(C)C(C)(C)C)O1. The minimum Gasteiger partial charge on any atom is -0.417 e. The predicted octanol–water partition coefficient (Wildman–Crippen LogP) is 3.12. The van der Waals surface area contributed by atoms with Crippen LogP contribution in [0.5, 0.6) is 0 Å². The summed E-state index contributed by atoms with van der Waals surface area (Å²) < 4.78 is 17.3. The van der Waals surface area contributed by atoms with Crippen molar-refractivity contribution in [1.82, 2.24) is 0 Å². The zero-order valence-electron chi connectivity index (χ0n) is 13.3. The molecular formula is C14H28O4Si. The maximum atomic E-state index is 11.3. The minimum atomic E-state index is -1.77. The van der Waals surface area contributed by atoms with Crippen molar-refractivity contribution in [1.29, 1.82) is 0 Å². The molecule has 0 aliphatic carbocycles. The summed E-state index contributed by atoms with van der Waals surface area (Å²) in [4.78, 5) is 11.3. The fraction of sp³-hybridized carbons (Fsp3) is 0.929. The number of carbonyl (C=O) groups excluding carboxylic acids is 1. The highest BCUT2D eigenvalue weighted by molar-refractivity contribution is 6.74. The molecule has 1 aliphatic heterocycles. The van der Waals surface area contributed by atoms with E-state index in [1.807, 2.05) is 13.8 Å². The van der Waals surface area contributed by atoms with E-state index in [2.05, 4.69) is 33.9 Å². The van der Waals surface area contributed by atoms with Gasteiger partial charge in [0.15, 0.2) is 26.0 Å². The van der Waals surface area contributed by atoms with Crippen molar-refractivity contribution in [2.45, 2.75) is 70.6 Å². The van der Waals surface area contributed by atoms with Crippen LogP contribution in [0.2, 0.25) is 18.1 Å². The molecule has 1 unspecified atom stereocenters. The molecule has 19 heavy (non-hydrogen) atoms. The molecule has 5 heteroatoms. The molecule has 0 aromatic rings. The molecule has 0 spiro atoms. The van der Waals surface area contributed by atoms with Gasteiger partial charge in [-0.1, -0.05) is 20.8 Å². The Bertz CT molecular complexity index is 333. The lowest BCUT2D eigenvalue weighted by Gasteiger charge is -2.37. The Morgan fingerprint density at radius 3 is 2.26 bits per heavy atom. The van der Waals surface area contributed by atoms with Crippen molar-refractivity contribution in [2.75, 3.05) is 13.2 Å². The third kappa shape index (κ3) is 4.11. The van der Waals surface area contributed by atoms with Gasteiger partial charge in [0, 0.05) is 13.0 Å². The summed E-state index contributed by atoms with van der Waals surface area (Å²) >= 11 is 0. The maximum absolute atomic E-state index is 11.3. The summed E-state index contributed by atoms with van der Waals surface area (Å²) in [6.07, 6.45) is 1.41. The van der Waals surface area contributed by atoms with Gasteiger partial charge in [0.05, 0.1) is 6.61 Å².